The Hall–Kier alpha value is -2.74. The van der Waals surface area contributed by atoms with Gasteiger partial charge < -0.3 is 15.5 Å². The molecule has 2 unspecified atom stereocenters. The van der Waals surface area contributed by atoms with Gasteiger partial charge in [-0.05, 0) is 62.4 Å². The SMILES string of the molecule is O=C(NCC1CCCN(C(=O)c2cn[nH]c2-c2ccc(F)cc2)C1)C1CCCN1. The molecule has 29 heavy (non-hydrogen) atoms. The lowest BCUT2D eigenvalue weighted by Crippen LogP contribution is -2.46. The Balaban J connectivity index is 1.38. The minimum Gasteiger partial charge on any atom is -0.354 e. The standard InChI is InChI=1S/C21H26FN5O2/c22-16-7-5-15(6-8-16)19-17(12-25-26-19)21(29)27-10-2-3-14(13-27)11-24-20(28)18-4-1-9-23-18/h5-8,12,14,18,23H,1-4,9-11,13H2,(H,24,28)(H,25,26). The van der Waals surface area contributed by atoms with Crippen molar-refractivity contribution in [2.75, 3.05) is 26.2 Å². The van der Waals surface area contributed by atoms with Gasteiger partial charge in [-0.15, -0.1) is 0 Å². The quantitative estimate of drug-likeness (QED) is 0.717. The van der Waals surface area contributed by atoms with Crippen molar-refractivity contribution in [1.29, 1.82) is 0 Å². The van der Waals surface area contributed by atoms with Crippen molar-refractivity contribution in [2.24, 2.45) is 5.92 Å². The largest absolute Gasteiger partial charge is 0.354 e. The van der Waals surface area contributed by atoms with E-state index in [1.165, 1.54) is 18.3 Å². The van der Waals surface area contributed by atoms with Crippen LogP contribution in [0, 0.1) is 11.7 Å². The van der Waals surface area contributed by atoms with E-state index >= 15 is 0 Å². The third-order valence-corrected chi connectivity index (χ3v) is 5.75. The van der Waals surface area contributed by atoms with Crippen LogP contribution in [0.5, 0.6) is 0 Å². The van der Waals surface area contributed by atoms with Crippen molar-refractivity contribution in [2.45, 2.75) is 31.7 Å². The van der Waals surface area contributed by atoms with Gasteiger partial charge in [0.05, 0.1) is 23.5 Å². The number of nitrogens with one attached hydrogen (secondary N) is 3. The monoisotopic (exact) mass is 399 g/mol. The fraction of sp³-hybridized carbons (Fsp3) is 0.476. The average molecular weight is 399 g/mol. The van der Waals surface area contributed by atoms with E-state index in [4.69, 9.17) is 0 Å². The molecular weight excluding hydrogens is 373 g/mol. The Morgan fingerprint density at radius 1 is 1.21 bits per heavy atom. The number of hydrogen-bond donors (Lipinski definition) is 3. The minimum atomic E-state index is -0.324. The summed E-state index contributed by atoms with van der Waals surface area (Å²) >= 11 is 0. The number of likely N-dealkylation sites (tertiary alicyclic amines) is 1. The van der Waals surface area contributed by atoms with Gasteiger partial charge in [-0.25, -0.2) is 4.39 Å². The molecular formula is C21H26FN5O2. The van der Waals surface area contributed by atoms with Crippen LogP contribution in [0.2, 0.25) is 0 Å². The Morgan fingerprint density at radius 2 is 2.03 bits per heavy atom. The highest BCUT2D eigenvalue weighted by Crippen LogP contribution is 2.25. The van der Waals surface area contributed by atoms with Crippen LogP contribution in [0.25, 0.3) is 11.3 Å². The number of amides is 2. The number of benzene rings is 1. The molecule has 2 aromatic rings. The van der Waals surface area contributed by atoms with Crippen LogP contribution in [0.3, 0.4) is 0 Å². The number of aromatic nitrogens is 2. The molecule has 0 saturated carbocycles. The molecule has 8 heteroatoms. The lowest BCUT2D eigenvalue weighted by molar-refractivity contribution is -0.123. The molecule has 2 aliphatic rings. The zero-order chi connectivity index (χ0) is 20.2. The minimum absolute atomic E-state index is 0.0550. The second-order valence-electron chi connectivity index (χ2n) is 7.82. The molecule has 4 rings (SSSR count). The van der Waals surface area contributed by atoms with E-state index in [9.17, 15) is 14.0 Å². The van der Waals surface area contributed by atoms with Gasteiger partial charge in [0.1, 0.15) is 5.82 Å². The number of piperidine rings is 1. The molecule has 1 aromatic carbocycles. The molecule has 1 aromatic heterocycles. The third kappa shape index (κ3) is 4.48. The van der Waals surface area contributed by atoms with E-state index < -0.39 is 0 Å². The fourth-order valence-corrected chi connectivity index (χ4v) is 4.15. The Kier molecular flexibility index (Phi) is 5.89. The Morgan fingerprint density at radius 3 is 2.79 bits per heavy atom. The van der Waals surface area contributed by atoms with Crippen LogP contribution in [0.4, 0.5) is 4.39 Å². The summed E-state index contributed by atoms with van der Waals surface area (Å²) in [7, 11) is 0. The first-order chi connectivity index (χ1) is 14.1. The van der Waals surface area contributed by atoms with Gasteiger partial charge in [-0.2, -0.15) is 5.10 Å². The summed E-state index contributed by atoms with van der Waals surface area (Å²) in [5.74, 6) is -0.125. The van der Waals surface area contributed by atoms with E-state index in [-0.39, 0.29) is 29.6 Å². The molecule has 2 amide bonds. The first kappa shape index (κ1) is 19.6. The van der Waals surface area contributed by atoms with Crippen molar-refractivity contribution in [1.82, 2.24) is 25.7 Å². The molecule has 154 valence electrons. The number of halogens is 1. The summed E-state index contributed by atoms with van der Waals surface area (Å²) in [6, 6.07) is 5.91. The van der Waals surface area contributed by atoms with Crippen molar-refractivity contribution in [3.05, 3.63) is 41.8 Å². The number of rotatable bonds is 5. The number of carbonyl (C=O) groups excluding carboxylic acids is 2. The van der Waals surface area contributed by atoms with Crippen molar-refractivity contribution >= 4 is 11.8 Å². The molecule has 7 nitrogen and oxygen atoms in total. The number of H-pyrrole nitrogens is 1. The molecule has 2 aliphatic heterocycles. The average Bonchev–Trinajstić information content (AvgIpc) is 3.44. The van der Waals surface area contributed by atoms with Crippen LogP contribution in [0.1, 0.15) is 36.0 Å². The molecule has 0 radical (unpaired) electrons. The van der Waals surface area contributed by atoms with E-state index in [2.05, 4.69) is 20.8 Å². The molecule has 2 fully saturated rings. The van der Waals surface area contributed by atoms with Crippen LogP contribution >= 0.6 is 0 Å². The zero-order valence-electron chi connectivity index (χ0n) is 16.3. The van der Waals surface area contributed by atoms with Gasteiger partial charge in [-0.1, -0.05) is 0 Å². The van der Waals surface area contributed by atoms with Gasteiger partial charge in [-0.3, -0.25) is 14.7 Å². The molecule has 0 aliphatic carbocycles. The van der Waals surface area contributed by atoms with Gasteiger partial charge in [0.2, 0.25) is 5.91 Å². The van der Waals surface area contributed by atoms with Gasteiger partial charge in [0.25, 0.3) is 5.91 Å². The highest BCUT2D eigenvalue weighted by atomic mass is 19.1. The third-order valence-electron chi connectivity index (χ3n) is 5.75. The smallest absolute Gasteiger partial charge is 0.257 e. The summed E-state index contributed by atoms with van der Waals surface area (Å²) in [4.78, 5) is 27.2. The molecule has 2 saturated heterocycles. The molecule has 3 N–H and O–H groups in total. The number of nitrogens with zero attached hydrogens (tertiary/aromatic N) is 2. The van der Waals surface area contributed by atoms with Gasteiger partial charge >= 0.3 is 0 Å². The highest BCUT2D eigenvalue weighted by molar-refractivity contribution is 5.99. The van der Waals surface area contributed by atoms with E-state index in [1.807, 2.05) is 4.90 Å². The lowest BCUT2D eigenvalue weighted by atomic mass is 9.96. The second kappa shape index (κ2) is 8.73. The molecule has 0 bridgehead atoms. The molecule has 2 atom stereocenters. The topological polar surface area (TPSA) is 90.1 Å². The van der Waals surface area contributed by atoms with Crippen LogP contribution in [-0.2, 0) is 4.79 Å². The Labute approximate surface area is 169 Å². The van der Waals surface area contributed by atoms with Gasteiger partial charge in [0, 0.05) is 25.2 Å². The highest BCUT2D eigenvalue weighted by Gasteiger charge is 2.28. The molecule has 0 spiro atoms. The second-order valence-corrected chi connectivity index (χ2v) is 7.82. The Bertz CT molecular complexity index is 860. The first-order valence-electron chi connectivity index (χ1n) is 10.2. The number of hydrogen-bond acceptors (Lipinski definition) is 4. The maximum Gasteiger partial charge on any atom is 0.257 e. The number of carbonyl (C=O) groups is 2. The van der Waals surface area contributed by atoms with Crippen molar-refractivity contribution < 1.29 is 14.0 Å². The van der Waals surface area contributed by atoms with Gasteiger partial charge in [0.15, 0.2) is 0 Å². The van der Waals surface area contributed by atoms with E-state index in [1.54, 1.807) is 12.1 Å². The van der Waals surface area contributed by atoms with E-state index in [0.717, 1.165) is 37.8 Å². The summed E-state index contributed by atoms with van der Waals surface area (Å²) in [6.07, 6.45) is 5.33. The normalized spacial score (nSPS) is 21.9. The van der Waals surface area contributed by atoms with E-state index in [0.29, 0.717) is 30.9 Å². The fourth-order valence-electron chi connectivity index (χ4n) is 4.15. The summed E-state index contributed by atoms with van der Waals surface area (Å²) < 4.78 is 13.2. The summed E-state index contributed by atoms with van der Waals surface area (Å²) in [5.41, 5.74) is 1.80. The zero-order valence-corrected chi connectivity index (χ0v) is 16.3. The summed E-state index contributed by atoms with van der Waals surface area (Å²) in [5, 5.41) is 13.1. The first-order valence-corrected chi connectivity index (χ1v) is 10.2. The van der Waals surface area contributed by atoms with Crippen LogP contribution in [0.15, 0.2) is 30.5 Å². The molecule has 3 heterocycles. The van der Waals surface area contributed by atoms with Crippen molar-refractivity contribution in [3.8, 4) is 11.3 Å². The van der Waals surface area contributed by atoms with Crippen molar-refractivity contribution in [3.63, 3.8) is 0 Å². The van der Waals surface area contributed by atoms with Crippen LogP contribution < -0.4 is 10.6 Å². The summed E-state index contributed by atoms with van der Waals surface area (Å²) in [6.45, 7) is 2.76. The predicted octanol–water partition coefficient (Wildman–Crippen LogP) is 1.94. The predicted molar refractivity (Wildman–Crippen MR) is 107 cm³/mol. The van der Waals surface area contributed by atoms with Crippen LogP contribution in [-0.4, -0.2) is 59.1 Å². The number of aromatic amines is 1. The maximum absolute atomic E-state index is 13.2. The lowest BCUT2D eigenvalue weighted by Gasteiger charge is -2.33. The maximum atomic E-state index is 13.2.